The molecular weight excluding hydrogens is 432 g/mol. The van der Waals surface area contributed by atoms with E-state index in [1.165, 1.54) is 0 Å². The van der Waals surface area contributed by atoms with Gasteiger partial charge in [0, 0.05) is 34.8 Å². The number of hydrogen-bond acceptors (Lipinski definition) is 5. The molecule has 0 saturated carbocycles. The second-order valence-corrected chi connectivity index (χ2v) is 8.50. The van der Waals surface area contributed by atoms with Crippen molar-refractivity contribution in [1.82, 2.24) is 9.55 Å². The van der Waals surface area contributed by atoms with Gasteiger partial charge in [0.25, 0.3) is 0 Å². The standard InChI is InChI=1S/C29H20N6/c1-17-23(27-18(2)25(14-32)29(33)34-28(27)24(17)13-31)11-21-16-35(26-10-6-5-9-22(21)26)15-20-8-4-3-7-19(20)12-30/h3-11,16H,15H2,1-2H3,(H2,33,34). The van der Waals surface area contributed by atoms with Gasteiger partial charge in [0.1, 0.15) is 18.0 Å². The van der Waals surface area contributed by atoms with Crippen LogP contribution < -0.4 is 5.73 Å². The number of nitrogen functional groups attached to an aromatic ring is 1. The van der Waals surface area contributed by atoms with Crippen LogP contribution in [-0.4, -0.2) is 9.55 Å². The van der Waals surface area contributed by atoms with Crippen LogP contribution in [0.15, 0.2) is 60.3 Å². The van der Waals surface area contributed by atoms with Crippen LogP contribution >= 0.6 is 0 Å². The number of hydrogen-bond donors (Lipinski definition) is 1. The van der Waals surface area contributed by atoms with Crippen molar-refractivity contribution in [2.24, 2.45) is 0 Å². The molecule has 2 aromatic heterocycles. The Labute approximate surface area is 203 Å². The lowest BCUT2D eigenvalue weighted by atomic mass is 9.95. The first-order chi connectivity index (χ1) is 17.0. The molecule has 0 fully saturated rings. The quantitative estimate of drug-likeness (QED) is 0.436. The van der Waals surface area contributed by atoms with E-state index in [2.05, 4.69) is 52.2 Å². The van der Waals surface area contributed by atoms with Crippen molar-refractivity contribution in [3.05, 3.63) is 99.4 Å². The maximum absolute atomic E-state index is 9.85. The fourth-order valence-corrected chi connectivity index (χ4v) is 4.82. The van der Waals surface area contributed by atoms with Crippen molar-refractivity contribution < 1.29 is 0 Å². The second kappa shape index (κ2) is 8.34. The monoisotopic (exact) mass is 452 g/mol. The number of anilines is 1. The fraction of sp³-hybridized carbons (Fsp3) is 0.103. The smallest absolute Gasteiger partial charge is 0.142 e. The van der Waals surface area contributed by atoms with Crippen LogP contribution in [0.25, 0.3) is 28.1 Å². The Morgan fingerprint density at radius 1 is 0.971 bits per heavy atom. The first kappa shape index (κ1) is 21.7. The molecule has 4 aromatic rings. The van der Waals surface area contributed by atoms with Crippen molar-refractivity contribution in [2.45, 2.75) is 20.4 Å². The van der Waals surface area contributed by atoms with E-state index >= 15 is 0 Å². The van der Waals surface area contributed by atoms with Gasteiger partial charge in [-0.15, -0.1) is 0 Å². The van der Waals surface area contributed by atoms with Gasteiger partial charge in [-0.3, -0.25) is 0 Å². The van der Waals surface area contributed by atoms with E-state index in [1.54, 1.807) is 0 Å². The highest BCUT2D eigenvalue weighted by Crippen LogP contribution is 2.44. The normalized spacial score (nSPS) is 13.5. The third kappa shape index (κ3) is 3.35. The topological polar surface area (TPSA) is 115 Å². The van der Waals surface area contributed by atoms with Crippen molar-refractivity contribution in [3.63, 3.8) is 0 Å². The van der Waals surface area contributed by atoms with Crippen LogP contribution in [0.4, 0.5) is 5.82 Å². The maximum Gasteiger partial charge on any atom is 0.142 e. The SMILES string of the molecule is CC1=C(C#N)c2nc(N)c(C#N)c(C)c2C1=Cc1cn(Cc2ccccc2C#N)c2ccccc12. The first-order valence-corrected chi connectivity index (χ1v) is 11.1. The van der Waals surface area contributed by atoms with E-state index in [1.807, 2.05) is 50.2 Å². The summed E-state index contributed by atoms with van der Waals surface area (Å²) >= 11 is 0. The van der Waals surface area contributed by atoms with E-state index < -0.39 is 0 Å². The molecule has 0 bridgehead atoms. The number of pyridine rings is 1. The third-order valence-electron chi connectivity index (χ3n) is 6.58. The molecule has 0 unspecified atom stereocenters. The number of aromatic nitrogens is 2. The minimum Gasteiger partial charge on any atom is -0.383 e. The molecule has 6 heteroatoms. The van der Waals surface area contributed by atoms with Crippen molar-refractivity contribution >= 4 is 33.9 Å². The zero-order valence-electron chi connectivity index (χ0n) is 19.3. The van der Waals surface area contributed by atoms with Crippen LogP contribution in [0, 0.1) is 40.9 Å². The highest BCUT2D eigenvalue weighted by atomic mass is 15.0. The van der Waals surface area contributed by atoms with Gasteiger partial charge < -0.3 is 10.3 Å². The van der Waals surface area contributed by atoms with Gasteiger partial charge in [-0.25, -0.2) is 4.98 Å². The summed E-state index contributed by atoms with van der Waals surface area (Å²) < 4.78 is 2.13. The largest absolute Gasteiger partial charge is 0.383 e. The van der Waals surface area contributed by atoms with E-state index in [-0.39, 0.29) is 5.82 Å². The lowest BCUT2D eigenvalue weighted by Crippen LogP contribution is -2.03. The summed E-state index contributed by atoms with van der Waals surface area (Å²) in [5.41, 5.74) is 14.1. The van der Waals surface area contributed by atoms with E-state index in [0.717, 1.165) is 44.3 Å². The molecule has 0 aliphatic heterocycles. The Bertz CT molecular complexity index is 1730. The molecule has 2 aromatic carbocycles. The molecular formula is C29H20N6. The van der Waals surface area contributed by atoms with Crippen molar-refractivity contribution in [2.75, 3.05) is 5.73 Å². The Hall–Kier alpha value is -5.12. The summed E-state index contributed by atoms with van der Waals surface area (Å²) in [6.07, 6.45) is 4.12. The van der Waals surface area contributed by atoms with Gasteiger partial charge in [-0.1, -0.05) is 36.4 Å². The summed E-state index contributed by atoms with van der Waals surface area (Å²) in [5.74, 6) is 0.137. The number of fused-ring (bicyclic) bond motifs is 2. The average molecular weight is 453 g/mol. The number of nitrogens with zero attached hydrogens (tertiary/aromatic N) is 5. The first-order valence-electron chi connectivity index (χ1n) is 11.1. The lowest BCUT2D eigenvalue weighted by Gasteiger charge is -2.10. The van der Waals surface area contributed by atoms with Crippen LogP contribution in [0.1, 0.15) is 46.0 Å². The van der Waals surface area contributed by atoms with Crippen LogP contribution in [0.2, 0.25) is 0 Å². The number of allylic oxidation sites excluding steroid dienone is 3. The third-order valence-corrected chi connectivity index (χ3v) is 6.58. The van der Waals surface area contributed by atoms with Gasteiger partial charge >= 0.3 is 0 Å². The molecule has 166 valence electrons. The summed E-state index contributed by atoms with van der Waals surface area (Å²) in [5, 5.41) is 30.1. The van der Waals surface area contributed by atoms with Gasteiger partial charge in [0.2, 0.25) is 0 Å². The van der Waals surface area contributed by atoms with Crippen molar-refractivity contribution in [3.8, 4) is 18.2 Å². The van der Waals surface area contributed by atoms with Gasteiger partial charge in [-0.2, -0.15) is 15.8 Å². The zero-order valence-corrected chi connectivity index (χ0v) is 19.3. The Morgan fingerprint density at radius 3 is 2.46 bits per heavy atom. The maximum atomic E-state index is 9.85. The molecule has 0 saturated heterocycles. The predicted octanol–water partition coefficient (Wildman–Crippen LogP) is 5.57. The minimum atomic E-state index is 0.137. The number of nitrogens with two attached hydrogens (primary N) is 1. The van der Waals surface area contributed by atoms with E-state index in [9.17, 15) is 15.8 Å². The average Bonchev–Trinajstić information content (AvgIpc) is 3.34. The molecule has 2 heterocycles. The molecule has 5 rings (SSSR count). The van der Waals surface area contributed by atoms with E-state index in [4.69, 9.17) is 5.73 Å². The summed E-state index contributed by atoms with van der Waals surface area (Å²) in [6, 6.07) is 22.4. The Morgan fingerprint density at radius 2 is 1.71 bits per heavy atom. The summed E-state index contributed by atoms with van der Waals surface area (Å²) in [7, 11) is 0. The minimum absolute atomic E-state index is 0.137. The van der Waals surface area contributed by atoms with E-state index in [0.29, 0.717) is 28.9 Å². The molecule has 0 spiro atoms. The summed E-state index contributed by atoms with van der Waals surface area (Å²) in [6.45, 7) is 4.30. The van der Waals surface area contributed by atoms with Gasteiger partial charge in [0.15, 0.2) is 0 Å². The molecule has 0 atom stereocenters. The molecule has 2 N–H and O–H groups in total. The molecule has 0 radical (unpaired) electrons. The molecule has 1 aliphatic rings. The van der Waals surface area contributed by atoms with Gasteiger partial charge in [-0.05, 0) is 54.3 Å². The zero-order chi connectivity index (χ0) is 24.7. The van der Waals surface area contributed by atoms with Crippen molar-refractivity contribution in [1.29, 1.82) is 15.8 Å². The number of rotatable bonds is 3. The summed E-state index contributed by atoms with van der Waals surface area (Å²) in [4.78, 5) is 4.42. The van der Waals surface area contributed by atoms with Gasteiger partial charge in [0.05, 0.1) is 28.5 Å². The number of nitriles is 3. The highest BCUT2D eigenvalue weighted by molar-refractivity contribution is 6.10. The molecule has 35 heavy (non-hydrogen) atoms. The van der Waals surface area contributed by atoms with Crippen LogP contribution in [-0.2, 0) is 6.54 Å². The van der Waals surface area contributed by atoms with Crippen LogP contribution in [0.5, 0.6) is 0 Å². The molecule has 0 amide bonds. The lowest BCUT2D eigenvalue weighted by molar-refractivity contribution is 0.833. The highest BCUT2D eigenvalue weighted by Gasteiger charge is 2.30. The second-order valence-electron chi connectivity index (χ2n) is 8.50. The van der Waals surface area contributed by atoms with Crippen LogP contribution in [0.3, 0.4) is 0 Å². The Balaban J connectivity index is 1.73. The predicted molar refractivity (Wildman–Crippen MR) is 136 cm³/mol. The number of para-hydroxylation sites is 1. The number of benzene rings is 2. The molecule has 1 aliphatic carbocycles. The molecule has 6 nitrogen and oxygen atoms in total. The fourth-order valence-electron chi connectivity index (χ4n) is 4.82. The Kier molecular flexibility index (Phi) is 5.17.